The molecule has 5 rings (SSSR count). The third kappa shape index (κ3) is 12.9. The van der Waals surface area contributed by atoms with Gasteiger partial charge in [0.05, 0.1) is 33.1 Å². The fourth-order valence-electron chi connectivity index (χ4n) is 5.12. The third-order valence-electron chi connectivity index (χ3n) is 7.88. The molecule has 0 aliphatic heterocycles. The molecular weight excluding hydrogens is 754 g/mol. The smallest absolute Gasteiger partial charge is 0.475 e. The van der Waals surface area contributed by atoms with Crippen LogP contribution in [0.4, 0.5) is 26.3 Å². The molecule has 0 unspecified atom stereocenters. The van der Waals surface area contributed by atoms with Crippen molar-refractivity contribution < 1.29 is 55.7 Å². The highest BCUT2D eigenvalue weighted by Crippen LogP contribution is 2.33. The number of aromatic nitrogens is 4. The van der Waals surface area contributed by atoms with Crippen LogP contribution in [0, 0.1) is 0 Å². The monoisotopic (exact) mass is 794 g/mol. The van der Waals surface area contributed by atoms with Gasteiger partial charge in [-0.3, -0.25) is 9.59 Å². The zero-order valence-corrected chi connectivity index (χ0v) is 29.8. The Morgan fingerprint density at radius 1 is 0.518 bits per heavy atom. The summed E-state index contributed by atoms with van der Waals surface area (Å²) >= 11 is 0. The number of para-hydroxylation sites is 2. The molecule has 0 bridgehead atoms. The van der Waals surface area contributed by atoms with Crippen LogP contribution in [0.1, 0.15) is 72.3 Å². The predicted octanol–water partition coefficient (Wildman–Crippen LogP) is 5.64. The van der Waals surface area contributed by atoms with Gasteiger partial charge in [-0.15, -0.1) is 0 Å². The number of carboxylic acid groups (broad SMARTS) is 2. The number of hydrogen-bond donors (Lipinski definition) is 6. The first-order valence-corrected chi connectivity index (χ1v) is 17.4. The normalized spacial score (nSPS) is 11.4. The van der Waals surface area contributed by atoms with E-state index in [1.165, 1.54) is 0 Å². The maximum absolute atomic E-state index is 13.0. The SMILES string of the molecule is NCCCCCCNC(=O)c1ccc2c(n1)c1nc(C(=O)NCCCCCCN)ccc1c1nc3ccccc3nc21.O=C(O)C(F)(F)F.O=C(O)C(F)(F)F. The Balaban J connectivity index is 0.000000512. The van der Waals surface area contributed by atoms with Crippen molar-refractivity contribution in [1.29, 1.82) is 0 Å². The number of fused-ring (bicyclic) bond motifs is 7. The molecule has 56 heavy (non-hydrogen) atoms. The Labute approximate surface area is 315 Å². The summed E-state index contributed by atoms with van der Waals surface area (Å²) in [6.45, 7) is 2.49. The highest BCUT2D eigenvalue weighted by Gasteiger charge is 2.39. The fourth-order valence-corrected chi connectivity index (χ4v) is 5.12. The van der Waals surface area contributed by atoms with Gasteiger partial charge in [-0.1, -0.05) is 37.8 Å². The van der Waals surface area contributed by atoms with Gasteiger partial charge in [-0.25, -0.2) is 29.5 Å². The fraction of sp³-hybridized carbons (Fsp3) is 0.389. The Bertz CT molecular complexity index is 2000. The van der Waals surface area contributed by atoms with Crippen molar-refractivity contribution >= 4 is 67.6 Å². The molecule has 0 saturated carbocycles. The molecule has 0 aliphatic rings. The van der Waals surface area contributed by atoms with E-state index < -0.39 is 24.3 Å². The molecule has 14 nitrogen and oxygen atoms in total. The molecule has 0 fully saturated rings. The number of carboxylic acids is 2. The van der Waals surface area contributed by atoms with Gasteiger partial charge in [0.2, 0.25) is 0 Å². The Kier molecular flexibility index (Phi) is 16.6. The van der Waals surface area contributed by atoms with Crippen molar-refractivity contribution in [3.05, 3.63) is 59.9 Å². The maximum Gasteiger partial charge on any atom is 0.490 e. The summed E-state index contributed by atoms with van der Waals surface area (Å²) in [7, 11) is 0. The predicted molar refractivity (Wildman–Crippen MR) is 195 cm³/mol. The van der Waals surface area contributed by atoms with Crippen molar-refractivity contribution in [1.82, 2.24) is 30.6 Å². The van der Waals surface area contributed by atoms with Crippen molar-refractivity contribution in [2.24, 2.45) is 11.5 Å². The van der Waals surface area contributed by atoms with Gasteiger partial charge in [-0.05, 0) is 75.2 Å². The lowest BCUT2D eigenvalue weighted by atomic mass is 10.1. The average Bonchev–Trinajstić information content (AvgIpc) is 3.16. The summed E-state index contributed by atoms with van der Waals surface area (Å²) < 4.78 is 63.5. The summed E-state index contributed by atoms with van der Waals surface area (Å²) in [5.41, 5.74) is 15.6. The number of alkyl halides is 6. The van der Waals surface area contributed by atoms with Crippen LogP contribution in [0.25, 0.3) is 43.9 Å². The molecule has 302 valence electrons. The van der Waals surface area contributed by atoms with E-state index in [4.69, 9.17) is 51.2 Å². The van der Waals surface area contributed by atoms with Gasteiger partial charge in [0.15, 0.2) is 0 Å². The number of nitrogens with two attached hydrogens (primary N) is 2. The number of nitrogens with one attached hydrogen (secondary N) is 2. The highest BCUT2D eigenvalue weighted by molar-refractivity contribution is 6.22. The molecule has 0 aliphatic carbocycles. The summed E-state index contributed by atoms with van der Waals surface area (Å²) in [6, 6.07) is 14.8. The molecule has 5 aromatic rings. The lowest BCUT2D eigenvalue weighted by Crippen LogP contribution is -2.25. The van der Waals surface area contributed by atoms with Crippen molar-refractivity contribution in [2.75, 3.05) is 26.2 Å². The van der Waals surface area contributed by atoms with Crippen molar-refractivity contribution in [3.8, 4) is 0 Å². The number of benzene rings is 2. The largest absolute Gasteiger partial charge is 0.490 e. The second-order valence-electron chi connectivity index (χ2n) is 12.1. The number of aliphatic carboxylic acids is 2. The van der Waals surface area contributed by atoms with Crippen LogP contribution in [-0.4, -0.2) is 92.4 Å². The van der Waals surface area contributed by atoms with Gasteiger partial charge in [0.25, 0.3) is 11.8 Å². The van der Waals surface area contributed by atoms with Gasteiger partial charge in [-0.2, -0.15) is 26.3 Å². The minimum atomic E-state index is -5.08. The van der Waals surface area contributed by atoms with Crippen LogP contribution in [0.15, 0.2) is 48.5 Å². The first kappa shape index (κ1) is 44.6. The third-order valence-corrected chi connectivity index (χ3v) is 7.88. The van der Waals surface area contributed by atoms with Crippen LogP contribution in [0.2, 0.25) is 0 Å². The van der Waals surface area contributed by atoms with E-state index in [9.17, 15) is 35.9 Å². The van der Waals surface area contributed by atoms with Gasteiger partial charge in [0.1, 0.15) is 11.4 Å². The van der Waals surface area contributed by atoms with Crippen LogP contribution < -0.4 is 22.1 Å². The summed E-state index contributed by atoms with van der Waals surface area (Å²) in [4.78, 5) is 63.2. The van der Waals surface area contributed by atoms with Gasteiger partial charge in [0, 0.05) is 23.9 Å². The van der Waals surface area contributed by atoms with Crippen molar-refractivity contribution in [2.45, 2.75) is 63.7 Å². The van der Waals surface area contributed by atoms with Gasteiger partial charge < -0.3 is 32.3 Å². The molecule has 0 spiro atoms. The Morgan fingerprint density at radius 3 is 1.16 bits per heavy atom. The maximum atomic E-state index is 13.0. The molecule has 0 saturated heterocycles. The number of halogens is 6. The van der Waals surface area contributed by atoms with Crippen LogP contribution >= 0.6 is 0 Å². The molecule has 3 aromatic heterocycles. The van der Waals surface area contributed by atoms with Crippen LogP contribution in [-0.2, 0) is 9.59 Å². The molecular formula is C36H40F6N8O6. The molecule has 3 heterocycles. The summed E-state index contributed by atoms with van der Waals surface area (Å²) in [5, 5.41) is 21.6. The minimum Gasteiger partial charge on any atom is -0.475 e. The number of hydrogen-bond acceptors (Lipinski definition) is 10. The van der Waals surface area contributed by atoms with Gasteiger partial charge >= 0.3 is 24.3 Å². The summed E-state index contributed by atoms with van der Waals surface area (Å²) in [5.74, 6) is -6.02. The molecule has 0 atom stereocenters. The minimum absolute atomic E-state index is 0.253. The van der Waals surface area contributed by atoms with Crippen molar-refractivity contribution in [3.63, 3.8) is 0 Å². The second-order valence-corrected chi connectivity index (χ2v) is 12.1. The zero-order valence-electron chi connectivity index (χ0n) is 29.8. The lowest BCUT2D eigenvalue weighted by molar-refractivity contribution is -0.193. The molecule has 8 N–H and O–H groups in total. The number of rotatable bonds is 14. The standard InChI is InChI=1S/C32H38N8O2.2C2HF3O2/c33-17-7-1-3-9-19-35-31(41)25-15-13-21-27-28(38-24-12-6-5-11-23(24)37-27)22-14-16-26(40-30(22)29(21)39-25)32(42)36-20-10-4-2-8-18-34;2*3-2(4,5)1(6)7/h5-6,11-16H,1-4,7-10,17-20,33-34H2,(H,35,41)(H,36,42);2*(H,6,7). The van der Waals surface area contributed by atoms with E-state index in [1.807, 2.05) is 36.4 Å². The average molecular weight is 795 g/mol. The van der Waals surface area contributed by atoms with Crippen LogP contribution in [0.3, 0.4) is 0 Å². The van der Waals surface area contributed by atoms with E-state index >= 15 is 0 Å². The number of carbonyl (C=O) groups is 4. The van der Waals surface area contributed by atoms with E-state index in [-0.39, 0.29) is 23.2 Å². The topological polar surface area (TPSA) is 236 Å². The van der Waals surface area contributed by atoms with E-state index in [0.717, 1.165) is 73.2 Å². The quantitative estimate of drug-likeness (QED) is 0.0347. The zero-order chi connectivity index (χ0) is 41.5. The Hall–Kier alpha value is -5.76. The Morgan fingerprint density at radius 2 is 0.839 bits per heavy atom. The van der Waals surface area contributed by atoms with E-state index in [0.29, 0.717) is 48.2 Å². The lowest BCUT2D eigenvalue weighted by Gasteiger charge is -2.12. The number of unbranched alkanes of at least 4 members (excludes halogenated alkanes) is 6. The molecule has 20 heteroatoms. The number of pyridine rings is 2. The van der Waals surface area contributed by atoms with E-state index in [1.54, 1.807) is 12.1 Å². The first-order valence-electron chi connectivity index (χ1n) is 17.4. The molecule has 0 radical (unpaired) electrons. The number of amides is 2. The molecule has 2 aromatic carbocycles. The van der Waals surface area contributed by atoms with E-state index in [2.05, 4.69) is 10.6 Å². The second kappa shape index (κ2) is 20.8. The highest BCUT2D eigenvalue weighted by atomic mass is 19.4. The molecule has 2 amide bonds. The summed E-state index contributed by atoms with van der Waals surface area (Å²) in [6.07, 6.45) is -2.33. The number of carbonyl (C=O) groups excluding carboxylic acids is 2. The first-order chi connectivity index (χ1) is 26.5. The number of nitrogens with zero attached hydrogens (tertiary/aromatic N) is 4. The van der Waals surface area contributed by atoms with Crippen LogP contribution in [0.5, 0.6) is 0 Å².